The number of amides is 2. The van der Waals surface area contributed by atoms with Gasteiger partial charge < -0.3 is 19.6 Å². The Hall–Kier alpha value is -1.38. The van der Waals surface area contributed by atoms with E-state index in [1.165, 1.54) is 21.9 Å². The van der Waals surface area contributed by atoms with Crippen LogP contribution in [0.1, 0.15) is 31.1 Å². The Balaban J connectivity index is 2.16. The van der Waals surface area contributed by atoms with Crippen LogP contribution in [0.5, 0.6) is 0 Å². The van der Waals surface area contributed by atoms with Crippen molar-refractivity contribution < 1.29 is 23.8 Å². The van der Waals surface area contributed by atoms with Gasteiger partial charge >= 0.3 is 6.09 Å². The highest BCUT2D eigenvalue weighted by Crippen LogP contribution is 2.29. The molecule has 0 aromatic heterocycles. The molecule has 1 aromatic rings. The first-order valence-electron chi connectivity index (χ1n) is 8.08. The van der Waals surface area contributed by atoms with E-state index in [0.29, 0.717) is 4.47 Å². The lowest BCUT2D eigenvalue weighted by molar-refractivity contribution is -0.00255. The zero-order chi connectivity index (χ0) is 19.6. The number of halogens is 3. The minimum Gasteiger partial charge on any atom is -0.444 e. The van der Waals surface area contributed by atoms with Crippen LogP contribution in [0.2, 0.25) is 5.02 Å². The second kappa shape index (κ2) is 8.10. The maximum Gasteiger partial charge on any atom is 0.410 e. The van der Waals surface area contributed by atoms with E-state index in [2.05, 4.69) is 15.9 Å². The molecule has 1 aliphatic heterocycles. The predicted molar refractivity (Wildman–Crippen MR) is 98.8 cm³/mol. The fraction of sp³-hybridized carbons (Fsp3) is 0.529. The van der Waals surface area contributed by atoms with E-state index in [4.69, 9.17) is 16.3 Å². The molecule has 0 aliphatic carbocycles. The number of ether oxygens (including phenoxy) is 1. The molecule has 2 amide bonds. The molecule has 144 valence electrons. The average molecular weight is 452 g/mol. The monoisotopic (exact) mass is 450 g/mol. The Labute approximate surface area is 165 Å². The SMILES string of the molecule is CC(C)(C)OC(=O)N1CCN(C(=O)c2ccc(Br)c(Cl)c2F)[C@@H](CO)C1. The van der Waals surface area contributed by atoms with Crippen LogP contribution in [0.3, 0.4) is 0 Å². The first-order valence-corrected chi connectivity index (χ1v) is 9.25. The van der Waals surface area contributed by atoms with Gasteiger partial charge in [-0.25, -0.2) is 9.18 Å². The van der Waals surface area contributed by atoms with Gasteiger partial charge in [-0.1, -0.05) is 11.6 Å². The largest absolute Gasteiger partial charge is 0.444 e. The van der Waals surface area contributed by atoms with E-state index in [0.717, 1.165) is 0 Å². The summed E-state index contributed by atoms with van der Waals surface area (Å²) in [6, 6.07) is 2.16. The van der Waals surface area contributed by atoms with E-state index in [1.54, 1.807) is 20.8 Å². The van der Waals surface area contributed by atoms with Crippen molar-refractivity contribution in [1.29, 1.82) is 0 Å². The van der Waals surface area contributed by atoms with Crippen LogP contribution in [0.25, 0.3) is 0 Å². The first kappa shape index (κ1) is 20.9. The summed E-state index contributed by atoms with van der Waals surface area (Å²) in [5.41, 5.74) is -0.821. The topological polar surface area (TPSA) is 70.1 Å². The molecule has 6 nitrogen and oxygen atoms in total. The molecule has 0 bridgehead atoms. The summed E-state index contributed by atoms with van der Waals surface area (Å²) in [7, 11) is 0. The van der Waals surface area contributed by atoms with Crippen molar-refractivity contribution in [2.24, 2.45) is 0 Å². The molecule has 1 atom stereocenters. The van der Waals surface area contributed by atoms with E-state index in [9.17, 15) is 19.1 Å². The molecule has 0 radical (unpaired) electrons. The number of hydrogen-bond acceptors (Lipinski definition) is 4. The zero-order valence-electron chi connectivity index (χ0n) is 14.8. The van der Waals surface area contributed by atoms with Crippen LogP contribution in [0, 0.1) is 5.82 Å². The Morgan fingerprint density at radius 3 is 2.62 bits per heavy atom. The molecule has 0 saturated carbocycles. The van der Waals surface area contributed by atoms with Gasteiger partial charge in [0.05, 0.1) is 23.2 Å². The molecule has 9 heteroatoms. The standard InChI is InChI=1S/C17H21BrClFN2O4/c1-17(2,3)26-16(25)21-6-7-22(10(8-21)9-23)15(24)11-4-5-12(18)13(19)14(11)20/h4-5,10,23H,6-9H2,1-3H3/t10-/m1/s1. The second-order valence-electron chi connectivity index (χ2n) is 6.98. The van der Waals surface area contributed by atoms with E-state index >= 15 is 0 Å². The lowest BCUT2D eigenvalue weighted by Crippen LogP contribution is -2.58. The van der Waals surface area contributed by atoms with Gasteiger partial charge in [-0.05, 0) is 48.8 Å². The van der Waals surface area contributed by atoms with Crippen molar-refractivity contribution in [2.45, 2.75) is 32.4 Å². The molecule has 0 spiro atoms. The number of aliphatic hydroxyl groups excluding tert-OH is 1. The normalized spacial score (nSPS) is 18.0. The lowest BCUT2D eigenvalue weighted by atomic mass is 10.1. The molecule has 1 fully saturated rings. The highest BCUT2D eigenvalue weighted by Gasteiger charge is 2.35. The van der Waals surface area contributed by atoms with Crippen molar-refractivity contribution >= 4 is 39.5 Å². The molecular formula is C17H21BrClFN2O4. The fourth-order valence-corrected chi connectivity index (χ4v) is 3.09. The third kappa shape index (κ3) is 4.66. The second-order valence-corrected chi connectivity index (χ2v) is 8.22. The number of hydrogen-bond donors (Lipinski definition) is 1. The van der Waals surface area contributed by atoms with Crippen LogP contribution in [-0.4, -0.2) is 64.8 Å². The van der Waals surface area contributed by atoms with Crippen LogP contribution >= 0.6 is 27.5 Å². The molecule has 1 N–H and O–H groups in total. The van der Waals surface area contributed by atoms with Gasteiger partial charge in [0.15, 0.2) is 5.82 Å². The van der Waals surface area contributed by atoms with E-state index in [-0.39, 0.29) is 36.8 Å². The van der Waals surface area contributed by atoms with Crippen LogP contribution in [0.4, 0.5) is 9.18 Å². The summed E-state index contributed by atoms with van der Waals surface area (Å²) in [4.78, 5) is 27.7. The van der Waals surface area contributed by atoms with Gasteiger partial charge in [-0.2, -0.15) is 0 Å². The van der Waals surface area contributed by atoms with Gasteiger partial charge in [0.25, 0.3) is 5.91 Å². The average Bonchev–Trinajstić information content (AvgIpc) is 2.57. The van der Waals surface area contributed by atoms with Crippen molar-refractivity contribution in [3.05, 3.63) is 33.0 Å². The van der Waals surface area contributed by atoms with Crippen molar-refractivity contribution in [2.75, 3.05) is 26.2 Å². The van der Waals surface area contributed by atoms with Gasteiger partial charge in [-0.3, -0.25) is 4.79 Å². The molecular weight excluding hydrogens is 431 g/mol. The molecule has 1 aliphatic rings. The number of piperazine rings is 1. The molecule has 1 aromatic carbocycles. The maximum atomic E-state index is 14.3. The summed E-state index contributed by atoms with van der Waals surface area (Å²) >= 11 is 8.95. The van der Waals surface area contributed by atoms with E-state index in [1.807, 2.05) is 0 Å². The Morgan fingerprint density at radius 1 is 1.38 bits per heavy atom. The van der Waals surface area contributed by atoms with Crippen molar-refractivity contribution in [3.63, 3.8) is 0 Å². The van der Waals surface area contributed by atoms with Crippen molar-refractivity contribution in [1.82, 2.24) is 9.80 Å². The Kier molecular flexibility index (Phi) is 6.52. The number of nitrogens with zero attached hydrogens (tertiary/aromatic N) is 2. The Morgan fingerprint density at radius 2 is 2.04 bits per heavy atom. The fourth-order valence-electron chi connectivity index (χ4n) is 2.62. The third-order valence-electron chi connectivity index (χ3n) is 3.87. The summed E-state index contributed by atoms with van der Waals surface area (Å²) in [6.07, 6.45) is -0.513. The first-order chi connectivity index (χ1) is 12.0. The van der Waals surface area contributed by atoms with Crippen molar-refractivity contribution in [3.8, 4) is 0 Å². The summed E-state index contributed by atoms with van der Waals surface area (Å²) < 4.78 is 20.0. The highest BCUT2D eigenvalue weighted by molar-refractivity contribution is 9.10. The number of rotatable bonds is 2. The molecule has 1 heterocycles. The number of carbonyl (C=O) groups is 2. The van der Waals surface area contributed by atoms with Gasteiger partial charge in [0, 0.05) is 24.1 Å². The number of carbonyl (C=O) groups excluding carboxylic acids is 2. The third-order valence-corrected chi connectivity index (χ3v) is 5.13. The maximum absolute atomic E-state index is 14.3. The summed E-state index contributed by atoms with van der Waals surface area (Å²) in [6.45, 7) is 5.39. The van der Waals surface area contributed by atoms with Crippen LogP contribution < -0.4 is 0 Å². The zero-order valence-corrected chi connectivity index (χ0v) is 17.1. The van der Waals surface area contributed by atoms with Gasteiger partial charge in [-0.15, -0.1) is 0 Å². The summed E-state index contributed by atoms with van der Waals surface area (Å²) in [5.74, 6) is -1.41. The van der Waals surface area contributed by atoms with Gasteiger partial charge in [0.1, 0.15) is 5.60 Å². The van der Waals surface area contributed by atoms with E-state index < -0.39 is 29.5 Å². The molecule has 0 unspecified atom stereocenters. The molecule has 2 rings (SSSR count). The predicted octanol–water partition coefficient (Wildman–Crippen LogP) is 3.30. The lowest BCUT2D eigenvalue weighted by Gasteiger charge is -2.41. The Bertz CT molecular complexity index is 711. The minimum absolute atomic E-state index is 0.100. The van der Waals surface area contributed by atoms with Crippen LogP contribution in [0.15, 0.2) is 16.6 Å². The number of aliphatic hydroxyl groups is 1. The summed E-state index contributed by atoms with van der Waals surface area (Å²) in [5, 5.41) is 9.48. The van der Waals surface area contributed by atoms with Crippen LogP contribution in [-0.2, 0) is 4.74 Å². The molecule has 26 heavy (non-hydrogen) atoms. The molecule has 1 saturated heterocycles. The highest BCUT2D eigenvalue weighted by atomic mass is 79.9. The quantitative estimate of drug-likeness (QED) is 0.701. The van der Waals surface area contributed by atoms with Gasteiger partial charge in [0.2, 0.25) is 0 Å². The number of benzene rings is 1. The minimum atomic E-state index is -0.822. The smallest absolute Gasteiger partial charge is 0.410 e.